The van der Waals surface area contributed by atoms with Gasteiger partial charge in [-0.3, -0.25) is 4.40 Å². The molecule has 1 aromatic carbocycles. The monoisotopic (exact) mass is 430 g/mol. The summed E-state index contributed by atoms with van der Waals surface area (Å²) in [5.41, 5.74) is 10.6. The van der Waals surface area contributed by atoms with E-state index in [1.807, 2.05) is 16.5 Å². The predicted molar refractivity (Wildman–Crippen MR) is 114 cm³/mol. The highest BCUT2D eigenvalue weighted by Crippen LogP contribution is 2.26. The first-order chi connectivity index (χ1) is 14.5. The average molecular weight is 430 g/mol. The number of alkyl halides is 3. The number of amides is 2. The number of carbonyl (C=O) groups excluding carboxylic acids is 1. The summed E-state index contributed by atoms with van der Waals surface area (Å²) in [6, 6.07) is 9.39. The lowest BCUT2D eigenvalue weighted by atomic mass is 10.0. The number of halogens is 3. The molecule has 0 radical (unpaired) electrons. The van der Waals surface area contributed by atoms with E-state index in [0.717, 1.165) is 11.3 Å². The van der Waals surface area contributed by atoms with Gasteiger partial charge in [-0.2, -0.15) is 13.2 Å². The number of allylic oxidation sites excluding steroid dienone is 2. The molecule has 3 aromatic rings. The van der Waals surface area contributed by atoms with Crippen LogP contribution in [-0.4, -0.2) is 33.8 Å². The van der Waals surface area contributed by atoms with Crippen molar-refractivity contribution in [2.75, 3.05) is 11.9 Å². The fourth-order valence-corrected chi connectivity index (χ4v) is 3.20. The number of nitrogens with zero attached hydrogens (tertiary/aromatic N) is 2. The number of anilines is 1. The van der Waals surface area contributed by atoms with Crippen LogP contribution in [0.15, 0.2) is 54.5 Å². The second-order valence-corrected chi connectivity index (χ2v) is 6.97. The SMILES string of the molecule is CC(=N)/C(=C(/C)N)c1ccn2c(-c3cccc(NC(=O)NCC(F)(F)F)c3)cnc2c1. The summed E-state index contributed by atoms with van der Waals surface area (Å²) in [6.07, 6.45) is -1.03. The van der Waals surface area contributed by atoms with Crippen LogP contribution in [0.2, 0.25) is 0 Å². The number of rotatable bonds is 5. The van der Waals surface area contributed by atoms with Crippen molar-refractivity contribution in [2.45, 2.75) is 20.0 Å². The number of fused-ring (bicyclic) bond motifs is 1. The minimum atomic E-state index is -4.48. The number of nitrogens with one attached hydrogen (secondary N) is 3. The Balaban J connectivity index is 1.88. The maximum absolute atomic E-state index is 12.2. The fraction of sp³-hybridized carbons (Fsp3) is 0.190. The molecule has 2 heterocycles. The first-order valence-corrected chi connectivity index (χ1v) is 9.26. The Hall–Kier alpha value is -3.82. The molecular formula is C21H21F3N6O. The number of benzene rings is 1. The van der Waals surface area contributed by atoms with Crippen LogP contribution in [0.1, 0.15) is 19.4 Å². The summed E-state index contributed by atoms with van der Waals surface area (Å²) in [5, 5.41) is 12.1. The molecule has 7 nitrogen and oxygen atoms in total. The van der Waals surface area contributed by atoms with E-state index in [4.69, 9.17) is 11.1 Å². The zero-order valence-electron chi connectivity index (χ0n) is 16.8. The van der Waals surface area contributed by atoms with Crippen molar-refractivity contribution in [2.24, 2.45) is 5.73 Å². The van der Waals surface area contributed by atoms with Crippen LogP contribution in [0.25, 0.3) is 22.5 Å². The molecule has 0 saturated heterocycles. The Morgan fingerprint density at radius 2 is 1.97 bits per heavy atom. The topological polar surface area (TPSA) is 108 Å². The van der Waals surface area contributed by atoms with Gasteiger partial charge in [-0.15, -0.1) is 0 Å². The van der Waals surface area contributed by atoms with Gasteiger partial charge >= 0.3 is 12.2 Å². The number of aromatic nitrogens is 2. The molecule has 2 aromatic heterocycles. The molecule has 162 valence electrons. The molecule has 0 aliphatic heterocycles. The van der Waals surface area contributed by atoms with Gasteiger partial charge in [0.25, 0.3) is 0 Å². The molecule has 3 rings (SSSR count). The lowest BCUT2D eigenvalue weighted by Gasteiger charge is -2.11. The van der Waals surface area contributed by atoms with Crippen LogP contribution in [0.3, 0.4) is 0 Å². The summed E-state index contributed by atoms with van der Waals surface area (Å²) in [6.45, 7) is 1.98. The van der Waals surface area contributed by atoms with Gasteiger partial charge in [0, 0.05) is 34.4 Å². The Kier molecular flexibility index (Phi) is 6.00. The van der Waals surface area contributed by atoms with Crippen LogP contribution in [-0.2, 0) is 0 Å². The first kappa shape index (κ1) is 21.9. The first-order valence-electron chi connectivity index (χ1n) is 9.26. The number of nitrogens with two attached hydrogens (primary N) is 1. The zero-order valence-corrected chi connectivity index (χ0v) is 16.8. The van der Waals surface area contributed by atoms with Crippen molar-refractivity contribution in [3.63, 3.8) is 0 Å². The fourth-order valence-electron chi connectivity index (χ4n) is 3.20. The second kappa shape index (κ2) is 8.50. The minimum Gasteiger partial charge on any atom is -0.402 e. The van der Waals surface area contributed by atoms with E-state index in [-0.39, 0.29) is 0 Å². The number of hydrogen-bond donors (Lipinski definition) is 4. The van der Waals surface area contributed by atoms with Crippen LogP contribution in [0, 0.1) is 5.41 Å². The van der Waals surface area contributed by atoms with E-state index in [0.29, 0.717) is 33.9 Å². The zero-order chi connectivity index (χ0) is 22.8. The quantitative estimate of drug-likeness (QED) is 0.450. The van der Waals surface area contributed by atoms with E-state index < -0.39 is 18.8 Å². The van der Waals surface area contributed by atoms with E-state index >= 15 is 0 Å². The largest absolute Gasteiger partial charge is 0.405 e. The standard InChI is InChI=1S/C21H21F3N6O/c1-12(25)19(13(2)26)15-6-7-30-17(10-27-18(30)9-15)14-4-3-5-16(8-14)29-20(31)28-11-21(22,23)24/h3-10,25H,11,26H2,1-2H3,(H2,28,29,31)/b19-13+,25-12?. The smallest absolute Gasteiger partial charge is 0.402 e. The summed E-state index contributed by atoms with van der Waals surface area (Å²) in [4.78, 5) is 16.1. The molecule has 0 aliphatic rings. The van der Waals surface area contributed by atoms with Gasteiger partial charge in [-0.05, 0) is 43.7 Å². The molecule has 5 N–H and O–H groups in total. The van der Waals surface area contributed by atoms with E-state index in [9.17, 15) is 18.0 Å². The average Bonchev–Trinajstić information content (AvgIpc) is 3.09. The Bertz CT molecular complexity index is 1180. The minimum absolute atomic E-state index is 0.340. The van der Waals surface area contributed by atoms with Crippen LogP contribution >= 0.6 is 0 Å². The summed E-state index contributed by atoms with van der Waals surface area (Å²) in [7, 11) is 0. The van der Waals surface area contributed by atoms with Crippen molar-refractivity contribution in [1.29, 1.82) is 5.41 Å². The molecule has 0 atom stereocenters. The number of pyridine rings is 1. The highest BCUT2D eigenvalue weighted by Gasteiger charge is 2.27. The Morgan fingerprint density at radius 3 is 2.61 bits per heavy atom. The summed E-state index contributed by atoms with van der Waals surface area (Å²) in [5.74, 6) is 0. The molecule has 0 spiro atoms. The van der Waals surface area contributed by atoms with Crippen molar-refractivity contribution >= 4 is 28.7 Å². The molecule has 0 fully saturated rings. The Labute approximate surface area is 176 Å². The van der Waals surface area contributed by atoms with Gasteiger partial charge in [-0.25, -0.2) is 9.78 Å². The van der Waals surface area contributed by atoms with Gasteiger partial charge in [-0.1, -0.05) is 12.1 Å². The normalized spacial score (nSPS) is 12.4. The van der Waals surface area contributed by atoms with E-state index in [1.165, 1.54) is 0 Å². The van der Waals surface area contributed by atoms with E-state index in [2.05, 4.69) is 10.3 Å². The molecule has 10 heteroatoms. The number of hydrogen-bond acceptors (Lipinski definition) is 4. The van der Waals surface area contributed by atoms with Crippen LogP contribution in [0.5, 0.6) is 0 Å². The van der Waals surface area contributed by atoms with E-state index in [1.54, 1.807) is 55.8 Å². The van der Waals surface area contributed by atoms with Gasteiger partial charge in [0.1, 0.15) is 12.2 Å². The summed E-state index contributed by atoms with van der Waals surface area (Å²) < 4.78 is 38.6. The lowest BCUT2D eigenvalue weighted by Crippen LogP contribution is -2.36. The highest BCUT2D eigenvalue weighted by atomic mass is 19.4. The van der Waals surface area contributed by atoms with Gasteiger partial charge in [0.15, 0.2) is 0 Å². The lowest BCUT2D eigenvalue weighted by molar-refractivity contribution is -0.122. The van der Waals surface area contributed by atoms with Crippen molar-refractivity contribution in [3.8, 4) is 11.3 Å². The third kappa shape index (κ3) is 5.21. The van der Waals surface area contributed by atoms with Gasteiger partial charge < -0.3 is 21.8 Å². The number of urea groups is 1. The third-order valence-electron chi connectivity index (χ3n) is 4.44. The molecule has 31 heavy (non-hydrogen) atoms. The van der Waals surface area contributed by atoms with Gasteiger partial charge in [0.2, 0.25) is 0 Å². The summed E-state index contributed by atoms with van der Waals surface area (Å²) >= 11 is 0. The molecule has 0 unspecified atom stereocenters. The van der Waals surface area contributed by atoms with Crippen molar-refractivity contribution < 1.29 is 18.0 Å². The Morgan fingerprint density at radius 1 is 1.23 bits per heavy atom. The van der Waals surface area contributed by atoms with Crippen LogP contribution < -0.4 is 16.4 Å². The highest BCUT2D eigenvalue weighted by molar-refractivity contribution is 6.22. The number of imidazole rings is 1. The third-order valence-corrected chi connectivity index (χ3v) is 4.44. The maximum Gasteiger partial charge on any atom is 0.405 e. The van der Waals surface area contributed by atoms with Crippen LogP contribution in [0.4, 0.5) is 23.7 Å². The molecule has 0 aliphatic carbocycles. The molecule has 2 amide bonds. The molecular weight excluding hydrogens is 409 g/mol. The van der Waals surface area contributed by atoms with Crippen molar-refractivity contribution in [1.82, 2.24) is 14.7 Å². The molecule has 0 bridgehead atoms. The number of carbonyl (C=O) groups is 1. The predicted octanol–water partition coefficient (Wildman–Crippen LogP) is 4.41. The second-order valence-electron chi connectivity index (χ2n) is 6.97. The van der Waals surface area contributed by atoms with Gasteiger partial charge in [0.05, 0.1) is 11.9 Å². The maximum atomic E-state index is 12.2. The van der Waals surface area contributed by atoms with Crippen molar-refractivity contribution in [3.05, 3.63) is 60.1 Å². The molecule has 0 saturated carbocycles.